The molecule has 1 aliphatic heterocycles. The van der Waals surface area contributed by atoms with Crippen molar-refractivity contribution in [3.8, 4) is 0 Å². The van der Waals surface area contributed by atoms with Crippen molar-refractivity contribution in [3.63, 3.8) is 0 Å². The molecule has 1 amide bonds. The number of rotatable bonds is 3. The van der Waals surface area contributed by atoms with Crippen LogP contribution in [0.15, 0.2) is 0 Å². The Kier molecular flexibility index (Phi) is 3.85. The Hall–Kier alpha value is -1.13. The van der Waals surface area contributed by atoms with Crippen molar-refractivity contribution in [2.75, 3.05) is 13.2 Å². The summed E-state index contributed by atoms with van der Waals surface area (Å²) in [6.07, 6.45) is -0.0984. The number of halogens is 1. The predicted molar refractivity (Wildman–Crippen MR) is 47.1 cm³/mol. The minimum Gasteiger partial charge on any atom is -0.462 e. The zero-order chi connectivity index (χ0) is 10.6. The van der Waals surface area contributed by atoms with Crippen molar-refractivity contribution in [1.82, 2.24) is 4.90 Å². The smallest absolute Gasteiger partial charge is 0.362 e. The van der Waals surface area contributed by atoms with Crippen LogP contribution in [0, 0.1) is 0 Å². The quantitative estimate of drug-likeness (QED) is 0.504. The van der Waals surface area contributed by atoms with Crippen LogP contribution in [0.25, 0.3) is 0 Å². The van der Waals surface area contributed by atoms with Crippen LogP contribution in [0.3, 0.4) is 0 Å². The van der Waals surface area contributed by atoms with Gasteiger partial charge in [0.15, 0.2) is 0 Å². The van der Waals surface area contributed by atoms with Gasteiger partial charge in [-0.2, -0.15) is 0 Å². The third-order valence-electron chi connectivity index (χ3n) is 2.11. The van der Waals surface area contributed by atoms with Crippen LogP contribution in [-0.4, -0.2) is 36.2 Å². The first-order chi connectivity index (χ1) is 6.66. The van der Waals surface area contributed by atoms with Gasteiger partial charge >= 0.3 is 5.97 Å². The van der Waals surface area contributed by atoms with Crippen LogP contribution in [0.5, 0.6) is 0 Å². The minimum absolute atomic E-state index is 0.126. The van der Waals surface area contributed by atoms with Gasteiger partial charge in [0.2, 0.25) is 5.91 Å². The van der Waals surface area contributed by atoms with Crippen molar-refractivity contribution in [1.29, 1.82) is 0 Å². The number of carbonyl (C=O) groups is 2. The first kappa shape index (κ1) is 10.9. The fraction of sp³-hybridized carbons (Fsp3) is 0.778. The van der Waals surface area contributed by atoms with E-state index < -0.39 is 12.3 Å². The van der Waals surface area contributed by atoms with E-state index >= 15 is 0 Å². The normalized spacial score (nSPS) is 19.3. The highest BCUT2D eigenvalue weighted by molar-refractivity contribution is 5.83. The summed E-state index contributed by atoms with van der Waals surface area (Å²) in [6.45, 7) is 2.03. The average Bonchev–Trinajstić information content (AvgIpc) is 2.18. The first-order valence-corrected chi connectivity index (χ1v) is 4.77. The lowest BCUT2D eigenvalue weighted by Gasteiger charge is -2.28. The molecule has 1 aliphatic rings. The highest BCUT2D eigenvalue weighted by Gasteiger charge is 2.31. The van der Waals surface area contributed by atoms with E-state index in [4.69, 9.17) is 0 Å². The zero-order valence-electron chi connectivity index (χ0n) is 8.16. The number of amides is 1. The van der Waals surface area contributed by atoms with Gasteiger partial charge in [-0.1, -0.05) is 0 Å². The molecular weight excluding hydrogens is 189 g/mol. The van der Waals surface area contributed by atoms with Crippen LogP contribution < -0.4 is 0 Å². The molecule has 1 saturated heterocycles. The molecule has 1 rings (SSSR count). The van der Waals surface area contributed by atoms with E-state index in [-0.39, 0.29) is 12.5 Å². The molecule has 0 aromatic rings. The van der Waals surface area contributed by atoms with Crippen LogP contribution in [0.1, 0.15) is 26.2 Å². The number of hydrogen-bond acceptors (Lipinski definition) is 3. The maximum atomic E-state index is 13.4. The molecule has 0 N–H and O–H groups in total. The summed E-state index contributed by atoms with van der Waals surface area (Å²) in [5.74, 6) is -1.28. The van der Waals surface area contributed by atoms with Gasteiger partial charge in [-0.05, 0) is 19.8 Å². The molecule has 0 radical (unpaired) electrons. The molecule has 4 nitrogen and oxygen atoms in total. The largest absolute Gasteiger partial charge is 0.462 e. The minimum atomic E-state index is -1.93. The molecule has 5 heteroatoms. The summed E-state index contributed by atoms with van der Waals surface area (Å²) in [5, 5.41) is 0. The number of esters is 1. The number of nitrogens with zero attached hydrogens (tertiary/aromatic N) is 1. The molecule has 1 heterocycles. The molecule has 0 bridgehead atoms. The van der Waals surface area contributed by atoms with Crippen LogP contribution in [0.4, 0.5) is 4.39 Å². The molecule has 0 aromatic carbocycles. The van der Waals surface area contributed by atoms with Crippen molar-refractivity contribution in [3.05, 3.63) is 0 Å². The summed E-state index contributed by atoms with van der Waals surface area (Å²) >= 11 is 0. The zero-order valence-corrected chi connectivity index (χ0v) is 8.16. The monoisotopic (exact) mass is 203 g/mol. The maximum Gasteiger partial charge on any atom is 0.362 e. The van der Waals surface area contributed by atoms with E-state index in [1.165, 1.54) is 0 Å². The lowest BCUT2D eigenvalue weighted by Crippen LogP contribution is -2.45. The van der Waals surface area contributed by atoms with Gasteiger partial charge in [0.25, 0.3) is 6.30 Å². The average molecular weight is 203 g/mol. The summed E-state index contributed by atoms with van der Waals surface area (Å²) < 4.78 is 17.8. The molecule has 1 fully saturated rings. The Morgan fingerprint density at radius 3 is 2.93 bits per heavy atom. The van der Waals surface area contributed by atoms with E-state index in [1.807, 2.05) is 0 Å². The molecule has 1 atom stereocenters. The van der Waals surface area contributed by atoms with Gasteiger partial charge in [0, 0.05) is 13.0 Å². The fourth-order valence-electron chi connectivity index (χ4n) is 1.40. The number of carbonyl (C=O) groups excluding carboxylic acids is 2. The maximum absolute atomic E-state index is 13.4. The van der Waals surface area contributed by atoms with E-state index in [9.17, 15) is 14.0 Å². The topological polar surface area (TPSA) is 46.6 Å². The van der Waals surface area contributed by atoms with Gasteiger partial charge in [-0.25, -0.2) is 9.18 Å². The van der Waals surface area contributed by atoms with Crippen LogP contribution in [0.2, 0.25) is 0 Å². The lowest BCUT2D eigenvalue weighted by atomic mass is 10.1. The molecular formula is C9H14FNO3. The molecule has 80 valence electrons. The van der Waals surface area contributed by atoms with Crippen LogP contribution >= 0.6 is 0 Å². The highest BCUT2D eigenvalue weighted by Crippen LogP contribution is 2.15. The summed E-state index contributed by atoms with van der Waals surface area (Å²) in [7, 11) is 0. The van der Waals surface area contributed by atoms with Crippen molar-refractivity contribution >= 4 is 11.9 Å². The van der Waals surface area contributed by atoms with Gasteiger partial charge in [-0.3, -0.25) is 4.79 Å². The van der Waals surface area contributed by atoms with Crippen molar-refractivity contribution in [2.45, 2.75) is 32.5 Å². The Morgan fingerprint density at radius 2 is 2.36 bits per heavy atom. The SMILES string of the molecule is CCOC(=O)C(F)N1CCCCC1=O. The summed E-state index contributed by atoms with van der Waals surface area (Å²) in [5.41, 5.74) is 0. The second kappa shape index (κ2) is 4.93. The van der Waals surface area contributed by atoms with Gasteiger partial charge in [-0.15, -0.1) is 0 Å². The second-order valence-electron chi connectivity index (χ2n) is 3.13. The van der Waals surface area contributed by atoms with Gasteiger partial charge < -0.3 is 9.64 Å². The standard InChI is InChI=1S/C9H14FNO3/c1-2-14-9(13)8(10)11-6-4-3-5-7(11)12/h8H,2-6H2,1H3. The number of hydrogen-bond donors (Lipinski definition) is 0. The third kappa shape index (κ3) is 2.43. The van der Waals surface area contributed by atoms with Gasteiger partial charge in [0.05, 0.1) is 6.61 Å². The second-order valence-corrected chi connectivity index (χ2v) is 3.13. The van der Waals surface area contributed by atoms with Crippen molar-refractivity contribution < 1.29 is 18.7 Å². The summed E-state index contributed by atoms with van der Waals surface area (Å²) in [4.78, 5) is 23.2. The Balaban J connectivity index is 2.53. The lowest BCUT2D eigenvalue weighted by molar-refractivity contribution is -0.164. The Morgan fingerprint density at radius 1 is 1.64 bits per heavy atom. The van der Waals surface area contributed by atoms with E-state index in [0.717, 1.165) is 17.7 Å². The Labute approximate surface area is 82.0 Å². The highest BCUT2D eigenvalue weighted by atomic mass is 19.1. The fourth-order valence-corrected chi connectivity index (χ4v) is 1.40. The Bertz CT molecular complexity index is 232. The number of ether oxygens (including phenoxy) is 1. The van der Waals surface area contributed by atoms with Gasteiger partial charge in [0.1, 0.15) is 0 Å². The van der Waals surface area contributed by atoms with E-state index in [0.29, 0.717) is 13.0 Å². The first-order valence-electron chi connectivity index (χ1n) is 4.77. The van der Waals surface area contributed by atoms with E-state index in [1.54, 1.807) is 6.92 Å². The van der Waals surface area contributed by atoms with Crippen LogP contribution in [-0.2, 0) is 14.3 Å². The molecule has 14 heavy (non-hydrogen) atoms. The molecule has 0 spiro atoms. The van der Waals surface area contributed by atoms with Crippen molar-refractivity contribution in [2.24, 2.45) is 0 Å². The molecule has 0 aliphatic carbocycles. The number of likely N-dealkylation sites (tertiary alicyclic amines) is 1. The summed E-state index contributed by atoms with van der Waals surface area (Å²) in [6, 6.07) is 0. The molecule has 0 saturated carbocycles. The van der Waals surface area contributed by atoms with E-state index in [2.05, 4.69) is 4.74 Å². The molecule has 0 aromatic heterocycles. The number of alkyl halides is 1. The predicted octanol–water partition coefficient (Wildman–Crippen LogP) is 0.858. The third-order valence-corrected chi connectivity index (χ3v) is 2.11. The number of piperidine rings is 1. The molecule has 1 unspecified atom stereocenters.